The van der Waals surface area contributed by atoms with Crippen LogP contribution >= 0.6 is 11.6 Å². The number of carbonyl (C=O) groups excluding carboxylic acids is 1. The molecular formula is C15H21ClO2. The van der Waals surface area contributed by atoms with Gasteiger partial charge in [0.25, 0.3) is 5.24 Å². The van der Waals surface area contributed by atoms with Crippen LogP contribution in [-0.2, 0) is 0 Å². The minimum atomic E-state index is -0.430. The molecule has 0 aliphatic heterocycles. The van der Waals surface area contributed by atoms with E-state index in [9.17, 15) is 4.79 Å². The van der Waals surface area contributed by atoms with Crippen LogP contribution in [0.3, 0.4) is 0 Å². The molecule has 0 saturated heterocycles. The third-order valence-corrected chi connectivity index (χ3v) is 3.20. The Balaban J connectivity index is 2.43. The minimum absolute atomic E-state index is 0.430. The molecule has 0 bridgehead atoms. The quantitative estimate of drug-likeness (QED) is 0.504. The molecule has 0 amide bonds. The lowest BCUT2D eigenvalue weighted by Crippen LogP contribution is -2.02. The maximum absolute atomic E-state index is 11.2. The van der Waals surface area contributed by atoms with Crippen LogP contribution in [0.15, 0.2) is 18.2 Å². The zero-order valence-electron chi connectivity index (χ0n) is 11.2. The van der Waals surface area contributed by atoms with Crippen LogP contribution in [0, 0.1) is 6.92 Å². The molecule has 1 aromatic carbocycles. The molecule has 2 nitrogen and oxygen atoms in total. The molecule has 1 aromatic rings. The summed E-state index contributed by atoms with van der Waals surface area (Å²) in [6, 6.07) is 5.40. The molecule has 18 heavy (non-hydrogen) atoms. The highest BCUT2D eigenvalue weighted by atomic mass is 35.5. The van der Waals surface area contributed by atoms with Crippen LogP contribution in [0.2, 0.25) is 0 Å². The van der Waals surface area contributed by atoms with E-state index in [1.165, 1.54) is 25.7 Å². The van der Waals surface area contributed by atoms with E-state index >= 15 is 0 Å². The van der Waals surface area contributed by atoms with Gasteiger partial charge in [0.1, 0.15) is 5.75 Å². The first kappa shape index (κ1) is 15.0. The average molecular weight is 269 g/mol. The zero-order valence-corrected chi connectivity index (χ0v) is 11.9. The zero-order chi connectivity index (χ0) is 13.4. The predicted molar refractivity (Wildman–Crippen MR) is 75.6 cm³/mol. The number of unbranched alkanes of at least 4 members (excludes halogenated alkanes) is 4. The molecule has 0 aromatic heterocycles. The van der Waals surface area contributed by atoms with Crippen molar-refractivity contribution in [2.45, 2.75) is 46.0 Å². The molecule has 0 aliphatic carbocycles. The topological polar surface area (TPSA) is 26.3 Å². The van der Waals surface area contributed by atoms with Crippen molar-refractivity contribution in [3.63, 3.8) is 0 Å². The molecule has 0 saturated carbocycles. The van der Waals surface area contributed by atoms with E-state index in [-0.39, 0.29) is 0 Å². The van der Waals surface area contributed by atoms with Crippen LogP contribution in [0.1, 0.15) is 54.9 Å². The summed E-state index contributed by atoms with van der Waals surface area (Å²) in [5.41, 5.74) is 1.35. The summed E-state index contributed by atoms with van der Waals surface area (Å²) in [5, 5.41) is -0.430. The van der Waals surface area contributed by atoms with E-state index in [0.717, 1.165) is 17.7 Å². The molecular weight excluding hydrogens is 248 g/mol. The van der Waals surface area contributed by atoms with E-state index < -0.39 is 5.24 Å². The summed E-state index contributed by atoms with van der Waals surface area (Å²) in [6.07, 6.45) is 6.05. The third kappa shape index (κ3) is 4.69. The van der Waals surface area contributed by atoms with Gasteiger partial charge in [-0.05, 0) is 37.1 Å². The van der Waals surface area contributed by atoms with Gasteiger partial charge >= 0.3 is 0 Å². The monoisotopic (exact) mass is 268 g/mol. The molecule has 0 atom stereocenters. The SMILES string of the molecule is CCCCCCCOc1cccc(C(=O)Cl)c1C. The Bertz CT molecular complexity index is 388. The minimum Gasteiger partial charge on any atom is -0.493 e. The highest BCUT2D eigenvalue weighted by Crippen LogP contribution is 2.23. The number of ether oxygens (including phenoxy) is 1. The Labute approximate surface area is 114 Å². The summed E-state index contributed by atoms with van der Waals surface area (Å²) in [4.78, 5) is 11.2. The maximum atomic E-state index is 11.2. The van der Waals surface area contributed by atoms with Crippen molar-refractivity contribution >= 4 is 16.8 Å². The van der Waals surface area contributed by atoms with Gasteiger partial charge in [0.2, 0.25) is 0 Å². The van der Waals surface area contributed by atoms with Gasteiger partial charge in [-0.1, -0.05) is 38.7 Å². The van der Waals surface area contributed by atoms with Gasteiger partial charge in [0.05, 0.1) is 6.61 Å². The Kier molecular flexibility index (Phi) is 6.81. The van der Waals surface area contributed by atoms with E-state index in [2.05, 4.69) is 6.92 Å². The summed E-state index contributed by atoms with van der Waals surface area (Å²) < 4.78 is 5.70. The normalized spacial score (nSPS) is 10.4. The van der Waals surface area contributed by atoms with Gasteiger partial charge < -0.3 is 4.74 Å². The van der Waals surface area contributed by atoms with Crippen molar-refractivity contribution < 1.29 is 9.53 Å². The van der Waals surface area contributed by atoms with Crippen LogP contribution in [0.5, 0.6) is 5.75 Å². The second-order valence-electron chi connectivity index (χ2n) is 4.47. The van der Waals surface area contributed by atoms with E-state index in [1.807, 2.05) is 13.0 Å². The highest BCUT2D eigenvalue weighted by Gasteiger charge is 2.09. The van der Waals surface area contributed by atoms with Crippen LogP contribution < -0.4 is 4.74 Å². The number of halogens is 1. The van der Waals surface area contributed by atoms with Crippen molar-refractivity contribution in [1.29, 1.82) is 0 Å². The molecule has 100 valence electrons. The van der Waals surface area contributed by atoms with Gasteiger partial charge in [-0.15, -0.1) is 0 Å². The molecule has 0 heterocycles. The predicted octanol–water partition coefficient (Wildman–Crippen LogP) is 4.72. The molecule has 0 N–H and O–H groups in total. The van der Waals surface area contributed by atoms with Crippen molar-refractivity contribution in [3.05, 3.63) is 29.3 Å². The molecule has 0 unspecified atom stereocenters. The number of hydrogen-bond acceptors (Lipinski definition) is 2. The summed E-state index contributed by atoms with van der Waals surface area (Å²) in [5.74, 6) is 0.761. The van der Waals surface area contributed by atoms with Crippen LogP contribution in [0.4, 0.5) is 0 Å². The van der Waals surface area contributed by atoms with E-state index in [0.29, 0.717) is 12.2 Å². The molecule has 0 aliphatic rings. The Hall–Kier alpha value is -1.02. The molecule has 0 spiro atoms. The first-order valence-electron chi connectivity index (χ1n) is 6.59. The average Bonchev–Trinajstić information content (AvgIpc) is 2.35. The van der Waals surface area contributed by atoms with Crippen LogP contribution in [0.25, 0.3) is 0 Å². The Morgan fingerprint density at radius 1 is 1.22 bits per heavy atom. The van der Waals surface area contributed by atoms with Gasteiger partial charge in [0.15, 0.2) is 0 Å². The van der Waals surface area contributed by atoms with Crippen molar-refractivity contribution in [3.8, 4) is 5.75 Å². The standard InChI is InChI=1S/C15H21ClO2/c1-3-4-5-6-7-11-18-14-10-8-9-13(12(14)2)15(16)17/h8-10H,3-7,11H2,1-2H3. The van der Waals surface area contributed by atoms with Gasteiger partial charge in [0, 0.05) is 11.1 Å². The van der Waals surface area contributed by atoms with E-state index in [4.69, 9.17) is 16.3 Å². The summed E-state index contributed by atoms with van der Waals surface area (Å²) in [7, 11) is 0. The lowest BCUT2D eigenvalue weighted by atomic mass is 10.1. The largest absolute Gasteiger partial charge is 0.493 e. The summed E-state index contributed by atoms with van der Waals surface area (Å²) >= 11 is 5.50. The van der Waals surface area contributed by atoms with Crippen LogP contribution in [-0.4, -0.2) is 11.8 Å². The van der Waals surface area contributed by atoms with Gasteiger partial charge in [-0.2, -0.15) is 0 Å². The second-order valence-corrected chi connectivity index (χ2v) is 4.81. The smallest absolute Gasteiger partial charge is 0.252 e. The molecule has 1 rings (SSSR count). The van der Waals surface area contributed by atoms with Gasteiger partial charge in [-0.25, -0.2) is 0 Å². The van der Waals surface area contributed by atoms with E-state index in [1.54, 1.807) is 12.1 Å². The Morgan fingerprint density at radius 3 is 2.61 bits per heavy atom. The lowest BCUT2D eigenvalue weighted by Gasteiger charge is -2.10. The highest BCUT2D eigenvalue weighted by molar-refractivity contribution is 6.67. The number of hydrogen-bond donors (Lipinski definition) is 0. The second kappa shape index (κ2) is 8.15. The van der Waals surface area contributed by atoms with Gasteiger partial charge in [-0.3, -0.25) is 4.79 Å². The number of benzene rings is 1. The molecule has 0 fully saturated rings. The fraction of sp³-hybridized carbons (Fsp3) is 0.533. The number of rotatable bonds is 8. The summed E-state index contributed by atoms with van der Waals surface area (Å²) in [6.45, 7) is 4.76. The number of carbonyl (C=O) groups is 1. The third-order valence-electron chi connectivity index (χ3n) is 3.00. The first-order chi connectivity index (χ1) is 8.66. The maximum Gasteiger partial charge on any atom is 0.252 e. The first-order valence-corrected chi connectivity index (χ1v) is 6.96. The van der Waals surface area contributed by atoms with Crippen molar-refractivity contribution in [2.24, 2.45) is 0 Å². The fourth-order valence-corrected chi connectivity index (χ4v) is 2.08. The fourth-order valence-electron chi connectivity index (χ4n) is 1.87. The van der Waals surface area contributed by atoms with Crippen molar-refractivity contribution in [2.75, 3.05) is 6.61 Å². The molecule has 3 heteroatoms. The molecule has 0 radical (unpaired) electrons. The van der Waals surface area contributed by atoms with Crippen molar-refractivity contribution in [1.82, 2.24) is 0 Å². The Morgan fingerprint density at radius 2 is 1.94 bits per heavy atom. The lowest BCUT2D eigenvalue weighted by molar-refractivity contribution is 0.108.